The zero-order chi connectivity index (χ0) is 23.9. The van der Waals surface area contributed by atoms with Crippen LogP contribution < -0.4 is 0 Å². The van der Waals surface area contributed by atoms with Gasteiger partial charge in [0, 0.05) is 17.8 Å². The number of amides is 2. The third kappa shape index (κ3) is 3.93. The largest absolute Gasteiger partial charge is 0.461 e. The van der Waals surface area contributed by atoms with Crippen LogP contribution in [0.1, 0.15) is 47.0 Å². The molecule has 0 aromatic carbocycles. The van der Waals surface area contributed by atoms with Crippen molar-refractivity contribution in [1.82, 2.24) is 9.80 Å². The number of hydrogen-bond donors (Lipinski definition) is 1. The number of aliphatic hydroxyl groups is 1. The van der Waals surface area contributed by atoms with E-state index in [9.17, 15) is 19.5 Å². The molecule has 182 valence electrons. The van der Waals surface area contributed by atoms with Gasteiger partial charge in [0.15, 0.2) is 0 Å². The fourth-order valence-electron chi connectivity index (χ4n) is 6.11. The minimum Gasteiger partial charge on any atom is -0.461 e. The zero-order valence-corrected chi connectivity index (χ0v) is 20.8. The first-order valence-corrected chi connectivity index (χ1v) is 13.1. The van der Waals surface area contributed by atoms with Crippen LogP contribution in [-0.2, 0) is 19.1 Å². The van der Waals surface area contributed by atoms with Gasteiger partial charge in [0.2, 0.25) is 11.8 Å². The van der Waals surface area contributed by atoms with E-state index in [1.807, 2.05) is 43.1 Å². The molecule has 1 N–H and O–H groups in total. The molecule has 0 aliphatic carbocycles. The zero-order valence-electron chi connectivity index (χ0n) is 20.0. The van der Waals surface area contributed by atoms with E-state index < -0.39 is 28.7 Å². The second-order valence-electron chi connectivity index (χ2n) is 10.1. The molecule has 0 aromatic heterocycles. The quantitative estimate of drug-likeness (QED) is 0.449. The second kappa shape index (κ2) is 9.45. The molecule has 4 rings (SSSR count). The maximum absolute atomic E-state index is 14.2. The normalized spacial score (nSPS) is 35.2. The number of nitrogens with zero attached hydrogens (tertiary/aromatic N) is 2. The summed E-state index contributed by atoms with van der Waals surface area (Å²) >= 11 is 1.55. The average molecular weight is 477 g/mol. The molecule has 7 atom stereocenters. The van der Waals surface area contributed by atoms with Gasteiger partial charge in [-0.1, -0.05) is 51.5 Å². The molecule has 1 spiro atoms. The number of aliphatic hydroxyl groups excluding tert-OH is 1. The molecule has 8 heteroatoms. The molecule has 2 amide bonds. The molecule has 4 aliphatic heterocycles. The first-order valence-electron chi connectivity index (χ1n) is 12.2. The Morgan fingerprint density at radius 1 is 1.21 bits per heavy atom. The number of hydrogen-bond acceptors (Lipinski definition) is 6. The van der Waals surface area contributed by atoms with Crippen molar-refractivity contribution in [1.29, 1.82) is 0 Å². The van der Waals surface area contributed by atoms with Crippen LogP contribution in [0.4, 0.5) is 0 Å². The molecule has 4 aliphatic rings. The Kier molecular flexibility index (Phi) is 6.97. The minimum atomic E-state index is -0.852. The number of fused-ring (bicyclic) bond motifs is 2. The van der Waals surface area contributed by atoms with Crippen LogP contribution in [0.2, 0.25) is 0 Å². The van der Waals surface area contributed by atoms with Gasteiger partial charge in [-0.15, -0.1) is 11.8 Å². The molecule has 0 saturated carbocycles. The van der Waals surface area contributed by atoms with Crippen LogP contribution in [0.25, 0.3) is 0 Å². The van der Waals surface area contributed by atoms with Crippen LogP contribution in [0.5, 0.6) is 0 Å². The monoisotopic (exact) mass is 476 g/mol. The van der Waals surface area contributed by atoms with Gasteiger partial charge in [0.25, 0.3) is 0 Å². The molecule has 0 bridgehead atoms. The molecule has 0 aromatic rings. The number of carbonyl (C=O) groups excluding carboxylic acids is 3. The Bertz CT molecular complexity index is 858. The van der Waals surface area contributed by atoms with Crippen LogP contribution in [0.3, 0.4) is 0 Å². The van der Waals surface area contributed by atoms with Crippen molar-refractivity contribution in [2.75, 3.05) is 19.8 Å². The van der Waals surface area contributed by atoms with E-state index >= 15 is 0 Å². The van der Waals surface area contributed by atoms with E-state index in [4.69, 9.17) is 4.74 Å². The Morgan fingerprint density at radius 3 is 2.64 bits per heavy atom. The highest BCUT2D eigenvalue weighted by Crippen LogP contribution is 2.61. The highest BCUT2D eigenvalue weighted by molar-refractivity contribution is 8.02. The predicted molar refractivity (Wildman–Crippen MR) is 127 cm³/mol. The van der Waals surface area contributed by atoms with Crippen molar-refractivity contribution >= 4 is 29.5 Å². The number of likely N-dealkylation sites (tertiary alicyclic amines) is 1. The summed E-state index contributed by atoms with van der Waals surface area (Å²) in [4.78, 5) is 44.7. The van der Waals surface area contributed by atoms with E-state index in [1.165, 1.54) is 0 Å². The van der Waals surface area contributed by atoms with E-state index in [-0.39, 0.29) is 48.2 Å². The SMILES string of the molecule is CCCC(C)N1CC=C[C@]23S[C@@H]4C=CCOC(=O)[C@@H]4[C@H]2C(=O)N([C@@H](CO)CC(C)C)C3C1=O. The lowest BCUT2D eigenvalue weighted by molar-refractivity contribution is -0.152. The standard InChI is InChI=1S/C25H36N2O5S/c1-5-8-16(4)26-11-7-10-25-20(19-18(33-25)9-6-12-32-24(19)31)22(29)27(21(25)23(26)30)17(14-28)13-15(2)3/h6-7,9-10,15-21,28H,5,8,11-14H2,1-4H3/t16?,17-,18-,19+,20+,21?,25+/m1/s1. The van der Waals surface area contributed by atoms with Crippen LogP contribution in [0, 0.1) is 17.8 Å². The van der Waals surface area contributed by atoms with Crippen molar-refractivity contribution in [3.63, 3.8) is 0 Å². The first kappa shape index (κ1) is 24.3. The summed E-state index contributed by atoms with van der Waals surface area (Å²) in [5, 5.41) is 10.1. The van der Waals surface area contributed by atoms with Crippen molar-refractivity contribution in [3.05, 3.63) is 24.3 Å². The van der Waals surface area contributed by atoms with Crippen molar-refractivity contribution in [3.8, 4) is 0 Å². The van der Waals surface area contributed by atoms with E-state index in [0.717, 1.165) is 12.8 Å². The summed E-state index contributed by atoms with van der Waals surface area (Å²) in [6.45, 7) is 8.71. The molecule has 7 nitrogen and oxygen atoms in total. The summed E-state index contributed by atoms with van der Waals surface area (Å²) in [6, 6.07) is -1.18. The fourth-order valence-corrected chi connectivity index (χ4v) is 8.10. The molecule has 2 fully saturated rings. The Hall–Kier alpha value is -1.80. The Labute approximate surface area is 200 Å². The van der Waals surface area contributed by atoms with Crippen molar-refractivity contribution in [2.45, 2.75) is 75.1 Å². The first-order chi connectivity index (χ1) is 15.8. The van der Waals surface area contributed by atoms with E-state index in [2.05, 4.69) is 13.8 Å². The third-order valence-corrected chi connectivity index (χ3v) is 9.21. The molecule has 0 radical (unpaired) electrons. The highest BCUT2D eigenvalue weighted by Gasteiger charge is 2.71. The summed E-state index contributed by atoms with van der Waals surface area (Å²) in [7, 11) is 0. The maximum Gasteiger partial charge on any atom is 0.311 e. The van der Waals surface area contributed by atoms with Crippen LogP contribution in [-0.4, -0.2) is 80.6 Å². The smallest absolute Gasteiger partial charge is 0.311 e. The lowest BCUT2D eigenvalue weighted by Crippen LogP contribution is -2.58. The third-order valence-electron chi connectivity index (χ3n) is 7.47. The number of cyclic esters (lactones) is 1. The topological polar surface area (TPSA) is 87.2 Å². The summed E-state index contributed by atoms with van der Waals surface area (Å²) in [5.41, 5.74) is 0. The van der Waals surface area contributed by atoms with E-state index in [1.54, 1.807) is 16.7 Å². The average Bonchev–Trinajstić information content (AvgIpc) is 3.07. The molecular formula is C25H36N2O5S. The molecule has 2 unspecified atom stereocenters. The van der Waals surface area contributed by atoms with Gasteiger partial charge in [0.05, 0.1) is 29.2 Å². The van der Waals surface area contributed by atoms with Gasteiger partial charge in [-0.05, 0) is 25.7 Å². The number of carbonyl (C=O) groups is 3. The highest BCUT2D eigenvalue weighted by atomic mass is 32.2. The van der Waals surface area contributed by atoms with Gasteiger partial charge in [-0.25, -0.2) is 0 Å². The van der Waals surface area contributed by atoms with Gasteiger partial charge >= 0.3 is 5.97 Å². The van der Waals surface area contributed by atoms with Gasteiger partial charge in [0.1, 0.15) is 12.6 Å². The van der Waals surface area contributed by atoms with Crippen molar-refractivity contribution < 1.29 is 24.2 Å². The lowest BCUT2D eigenvalue weighted by Gasteiger charge is -2.40. The number of thioether (sulfide) groups is 1. The second-order valence-corrected chi connectivity index (χ2v) is 11.6. The maximum atomic E-state index is 14.2. The van der Waals surface area contributed by atoms with Gasteiger partial charge in [-0.2, -0.15) is 0 Å². The lowest BCUT2D eigenvalue weighted by atomic mass is 9.78. The fraction of sp³-hybridized carbons (Fsp3) is 0.720. The summed E-state index contributed by atoms with van der Waals surface area (Å²) in [5.74, 6) is -1.75. The molecular weight excluding hydrogens is 440 g/mol. The summed E-state index contributed by atoms with van der Waals surface area (Å²) in [6.07, 6.45) is 10.2. The predicted octanol–water partition coefficient (Wildman–Crippen LogP) is 2.39. The Morgan fingerprint density at radius 2 is 1.97 bits per heavy atom. The van der Waals surface area contributed by atoms with Crippen molar-refractivity contribution in [2.24, 2.45) is 17.8 Å². The van der Waals surface area contributed by atoms with Crippen LogP contribution >= 0.6 is 11.8 Å². The molecule has 33 heavy (non-hydrogen) atoms. The van der Waals surface area contributed by atoms with Crippen LogP contribution in [0.15, 0.2) is 24.3 Å². The molecule has 2 saturated heterocycles. The molecule has 4 heterocycles. The summed E-state index contributed by atoms with van der Waals surface area (Å²) < 4.78 is 4.56. The van der Waals surface area contributed by atoms with E-state index in [0.29, 0.717) is 13.0 Å². The number of ether oxygens (including phenoxy) is 1. The van der Waals surface area contributed by atoms with Gasteiger partial charge in [-0.3, -0.25) is 14.4 Å². The minimum absolute atomic E-state index is 0.0396. The number of rotatable bonds is 7. The number of esters is 1. The Balaban J connectivity index is 1.83. The van der Waals surface area contributed by atoms with Gasteiger partial charge < -0.3 is 19.6 Å².